The number of hydrogen-bond donors (Lipinski definition) is 1. The summed E-state index contributed by atoms with van der Waals surface area (Å²) in [7, 11) is -3.65. The molecule has 158 valence electrons. The SMILES string of the molecule is C=CC[C@@H](NOCc1ccccc1)C(=O)N1[C@@H]2C[C@@H]3CC[C@@]2(CS1(=O)=O)C3(C)C. The van der Waals surface area contributed by atoms with Crippen LogP contribution in [0, 0.1) is 16.7 Å². The summed E-state index contributed by atoms with van der Waals surface area (Å²) in [6, 6.07) is 8.60. The van der Waals surface area contributed by atoms with Crippen LogP contribution in [0.4, 0.5) is 0 Å². The summed E-state index contributed by atoms with van der Waals surface area (Å²) in [6.45, 7) is 8.37. The molecule has 2 bridgehead atoms. The van der Waals surface area contributed by atoms with Crippen molar-refractivity contribution in [2.24, 2.45) is 16.7 Å². The van der Waals surface area contributed by atoms with Gasteiger partial charge in [-0.05, 0) is 42.6 Å². The summed E-state index contributed by atoms with van der Waals surface area (Å²) in [5.41, 5.74) is 3.38. The van der Waals surface area contributed by atoms with Gasteiger partial charge in [-0.2, -0.15) is 5.48 Å². The Morgan fingerprint density at radius 2 is 2.10 bits per heavy atom. The first-order chi connectivity index (χ1) is 13.7. The molecule has 1 aromatic rings. The van der Waals surface area contributed by atoms with Gasteiger partial charge in [-0.15, -0.1) is 6.58 Å². The molecule has 1 aromatic carbocycles. The first-order valence-corrected chi connectivity index (χ1v) is 11.9. The zero-order valence-electron chi connectivity index (χ0n) is 17.1. The Hall–Kier alpha value is -1.70. The summed E-state index contributed by atoms with van der Waals surface area (Å²) in [5.74, 6) is 0.118. The fourth-order valence-corrected chi connectivity index (χ4v) is 8.47. The van der Waals surface area contributed by atoms with Crippen LogP contribution in [0.5, 0.6) is 0 Å². The number of fused-ring (bicyclic) bond motifs is 1. The van der Waals surface area contributed by atoms with Crippen LogP contribution in [-0.2, 0) is 26.3 Å². The molecule has 1 heterocycles. The largest absolute Gasteiger partial charge is 0.296 e. The van der Waals surface area contributed by atoms with E-state index in [1.807, 2.05) is 30.3 Å². The second kappa shape index (κ2) is 7.22. The van der Waals surface area contributed by atoms with E-state index in [1.54, 1.807) is 6.08 Å². The Bertz CT molecular complexity index is 899. The fraction of sp³-hybridized carbons (Fsp3) is 0.591. The molecule has 6 nitrogen and oxygen atoms in total. The highest BCUT2D eigenvalue weighted by Gasteiger charge is 2.72. The molecule has 7 heteroatoms. The number of benzene rings is 1. The maximum Gasteiger partial charge on any atom is 0.256 e. The Morgan fingerprint density at radius 3 is 2.76 bits per heavy atom. The van der Waals surface area contributed by atoms with E-state index in [1.165, 1.54) is 4.31 Å². The number of hydroxylamine groups is 1. The maximum atomic E-state index is 13.4. The highest BCUT2D eigenvalue weighted by atomic mass is 32.2. The lowest BCUT2D eigenvalue weighted by molar-refractivity contribution is -0.136. The first kappa shape index (κ1) is 20.6. The van der Waals surface area contributed by atoms with Gasteiger partial charge in [0.15, 0.2) is 0 Å². The van der Waals surface area contributed by atoms with Crippen LogP contribution in [0.15, 0.2) is 43.0 Å². The Labute approximate surface area is 173 Å². The highest BCUT2D eigenvalue weighted by molar-refractivity contribution is 7.90. The van der Waals surface area contributed by atoms with Crippen LogP contribution in [0.25, 0.3) is 0 Å². The second-order valence-electron chi connectivity index (χ2n) is 9.22. The van der Waals surface area contributed by atoms with Crippen LogP contribution in [0.3, 0.4) is 0 Å². The van der Waals surface area contributed by atoms with Crippen LogP contribution in [-0.4, -0.2) is 36.5 Å². The van der Waals surface area contributed by atoms with Gasteiger partial charge >= 0.3 is 0 Å². The van der Waals surface area contributed by atoms with Gasteiger partial charge in [0.1, 0.15) is 6.04 Å². The smallest absolute Gasteiger partial charge is 0.256 e. The Morgan fingerprint density at radius 1 is 1.38 bits per heavy atom. The lowest BCUT2D eigenvalue weighted by atomic mass is 9.69. The van der Waals surface area contributed by atoms with Gasteiger partial charge in [0.05, 0.1) is 18.4 Å². The number of sulfonamides is 1. The average molecular weight is 419 g/mol. The topological polar surface area (TPSA) is 75.7 Å². The quantitative estimate of drug-likeness (QED) is 0.544. The molecule has 1 spiro atoms. The molecule has 4 rings (SSSR count). The first-order valence-electron chi connectivity index (χ1n) is 10.3. The fourth-order valence-electron chi connectivity index (χ4n) is 5.90. The predicted octanol–water partition coefficient (Wildman–Crippen LogP) is 3.02. The Balaban J connectivity index is 1.52. The van der Waals surface area contributed by atoms with E-state index in [2.05, 4.69) is 25.9 Å². The summed E-state index contributed by atoms with van der Waals surface area (Å²) >= 11 is 0. The molecule has 4 atom stereocenters. The van der Waals surface area contributed by atoms with Gasteiger partial charge in [-0.1, -0.05) is 50.3 Å². The molecule has 1 N–H and O–H groups in total. The molecule has 3 fully saturated rings. The van der Waals surface area contributed by atoms with Crippen LogP contribution < -0.4 is 5.48 Å². The standard InChI is InChI=1S/C22H30N2O4S/c1-4-8-18(23-28-14-16-9-6-5-7-10-16)20(25)24-19-13-17-11-12-22(19,21(17,2)3)15-29(24,26)27/h4-7,9-10,17-19,23H,1,8,11-15H2,2-3H3/t17-,18+,19+,22-/m0/s1. The van der Waals surface area contributed by atoms with Crippen LogP contribution in [0.1, 0.15) is 45.1 Å². The van der Waals surface area contributed by atoms with E-state index in [0.717, 1.165) is 24.8 Å². The molecule has 1 amide bonds. The van der Waals surface area contributed by atoms with Crippen molar-refractivity contribution in [3.05, 3.63) is 48.6 Å². The summed E-state index contributed by atoms with van der Waals surface area (Å²) in [6.07, 6.45) is 4.61. The van der Waals surface area contributed by atoms with Crippen LogP contribution in [0.2, 0.25) is 0 Å². The van der Waals surface area contributed by atoms with Crippen molar-refractivity contribution in [3.8, 4) is 0 Å². The average Bonchev–Trinajstić information content (AvgIpc) is 3.15. The van der Waals surface area contributed by atoms with Crippen molar-refractivity contribution in [3.63, 3.8) is 0 Å². The van der Waals surface area contributed by atoms with E-state index in [9.17, 15) is 13.2 Å². The van der Waals surface area contributed by atoms with E-state index < -0.39 is 22.0 Å². The van der Waals surface area contributed by atoms with Crippen LogP contribution >= 0.6 is 0 Å². The number of rotatable bonds is 7. The third-order valence-electron chi connectivity index (χ3n) is 7.64. The summed E-state index contributed by atoms with van der Waals surface area (Å²) in [5, 5.41) is 0. The minimum Gasteiger partial charge on any atom is -0.296 e. The van der Waals surface area contributed by atoms with Crippen molar-refractivity contribution in [2.75, 3.05) is 5.75 Å². The summed E-state index contributed by atoms with van der Waals surface area (Å²) < 4.78 is 27.4. The van der Waals surface area contributed by atoms with Crippen molar-refractivity contribution in [1.29, 1.82) is 0 Å². The number of amides is 1. The van der Waals surface area contributed by atoms with Gasteiger partial charge in [0.25, 0.3) is 5.91 Å². The molecule has 1 aliphatic heterocycles. The minimum absolute atomic E-state index is 0.0645. The number of nitrogens with one attached hydrogen (secondary N) is 1. The number of hydrogen-bond acceptors (Lipinski definition) is 5. The molecule has 1 saturated heterocycles. The van der Waals surface area contributed by atoms with Crippen molar-refractivity contribution in [1.82, 2.24) is 9.79 Å². The lowest BCUT2D eigenvalue weighted by Crippen LogP contribution is -2.51. The monoisotopic (exact) mass is 418 g/mol. The maximum absolute atomic E-state index is 13.4. The molecular weight excluding hydrogens is 388 g/mol. The van der Waals surface area contributed by atoms with E-state index in [-0.39, 0.29) is 29.2 Å². The number of carbonyl (C=O) groups is 1. The molecule has 0 radical (unpaired) electrons. The predicted molar refractivity (Wildman–Crippen MR) is 111 cm³/mol. The normalized spacial score (nSPS) is 32.1. The third kappa shape index (κ3) is 3.14. The van der Waals surface area contributed by atoms with Gasteiger partial charge in [0, 0.05) is 5.41 Å². The zero-order chi connectivity index (χ0) is 20.9. The molecule has 29 heavy (non-hydrogen) atoms. The van der Waals surface area contributed by atoms with Crippen molar-refractivity contribution in [2.45, 2.75) is 58.2 Å². The van der Waals surface area contributed by atoms with E-state index in [4.69, 9.17) is 4.84 Å². The second-order valence-corrected chi connectivity index (χ2v) is 11.1. The van der Waals surface area contributed by atoms with Gasteiger partial charge < -0.3 is 0 Å². The molecule has 0 unspecified atom stereocenters. The van der Waals surface area contributed by atoms with Gasteiger partial charge in [-0.25, -0.2) is 12.7 Å². The third-order valence-corrected chi connectivity index (χ3v) is 9.55. The number of nitrogens with zero attached hydrogens (tertiary/aromatic N) is 1. The molecule has 3 aliphatic rings. The van der Waals surface area contributed by atoms with E-state index >= 15 is 0 Å². The molecular formula is C22H30N2O4S. The minimum atomic E-state index is -3.65. The van der Waals surface area contributed by atoms with Gasteiger partial charge in [-0.3, -0.25) is 9.63 Å². The molecule has 0 aromatic heterocycles. The van der Waals surface area contributed by atoms with Crippen molar-refractivity contribution >= 4 is 15.9 Å². The summed E-state index contributed by atoms with van der Waals surface area (Å²) in [4.78, 5) is 18.9. The number of carbonyl (C=O) groups excluding carboxylic acids is 1. The van der Waals surface area contributed by atoms with Crippen molar-refractivity contribution < 1.29 is 18.0 Å². The molecule has 2 aliphatic carbocycles. The molecule has 2 saturated carbocycles. The van der Waals surface area contributed by atoms with Gasteiger partial charge in [0.2, 0.25) is 10.0 Å². The highest BCUT2D eigenvalue weighted by Crippen LogP contribution is 2.70. The van der Waals surface area contributed by atoms with E-state index in [0.29, 0.717) is 12.3 Å². The zero-order valence-corrected chi connectivity index (χ0v) is 18.0. The Kier molecular flexibility index (Phi) is 5.12. The lowest BCUT2D eigenvalue weighted by Gasteiger charge is -2.37.